The Bertz CT molecular complexity index is 360. The van der Waals surface area contributed by atoms with Crippen LogP contribution in [0.15, 0.2) is 0 Å². The lowest BCUT2D eigenvalue weighted by molar-refractivity contribution is 0.0463. The topological polar surface area (TPSA) is 59.6 Å². The van der Waals surface area contributed by atoms with Crippen molar-refractivity contribution in [1.29, 1.82) is 0 Å². The van der Waals surface area contributed by atoms with Crippen LogP contribution in [0.25, 0.3) is 0 Å². The van der Waals surface area contributed by atoms with Crippen LogP contribution in [-0.2, 0) is 9.47 Å². The number of hydrogen-bond acceptors (Lipinski definition) is 4. The lowest BCUT2D eigenvalue weighted by atomic mass is 9.89. The van der Waals surface area contributed by atoms with Crippen LogP contribution in [0.2, 0.25) is 0 Å². The number of rotatable bonds is 7. The summed E-state index contributed by atoms with van der Waals surface area (Å²) in [6.07, 6.45) is 3.00. The molecule has 136 valence electrons. The van der Waals surface area contributed by atoms with E-state index in [2.05, 4.69) is 31.4 Å². The molecule has 23 heavy (non-hydrogen) atoms. The molecule has 5 nitrogen and oxygen atoms in total. The molecule has 1 aliphatic rings. The minimum Gasteiger partial charge on any atom is -0.444 e. The van der Waals surface area contributed by atoms with E-state index in [-0.39, 0.29) is 11.6 Å². The molecule has 0 bridgehead atoms. The minimum atomic E-state index is -0.467. The quantitative estimate of drug-likeness (QED) is 0.752. The molecule has 0 aromatic heterocycles. The number of nitrogens with one attached hydrogen (secondary N) is 2. The van der Waals surface area contributed by atoms with Crippen molar-refractivity contribution in [3.05, 3.63) is 0 Å². The molecule has 1 amide bonds. The van der Waals surface area contributed by atoms with Crippen LogP contribution >= 0.6 is 0 Å². The fourth-order valence-corrected chi connectivity index (χ4v) is 3.05. The van der Waals surface area contributed by atoms with Crippen molar-refractivity contribution in [3.63, 3.8) is 0 Å². The fourth-order valence-electron chi connectivity index (χ4n) is 3.05. The second kappa shape index (κ2) is 8.88. The molecule has 1 aliphatic heterocycles. The first kappa shape index (κ1) is 20.2. The van der Waals surface area contributed by atoms with Crippen LogP contribution in [0.5, 0.6) is 0 Å². The molecule has 0 aliphatic carbocycles. The first-order chi connectivity index (χ1) is 10.6. The average molecular weight is 328 g/mol. The highest BCUT2D eigenvalue weighted by atomic mass is 16.6. The van der Waals surface area contributed by atoms with Crippen molar-refractivity contribution >= 4 is 6.09 Å². The lowest BCUT2D eigenvalue weighted by Gasteiger charge is -2.35. The molecular weight excluding hydrogens is 292 g/mol. The Hall–Kier alpha value is -0.810. The maximum atomic E-state index is 11.9. The summed E-state index contributed by atoms with van der Waals surface area (Å²) >= 11 is 0. The Morgan fingerprint density at radius 1 is 1.30 bits per heavy atom. The third kappa shape index (κ3) is 9.16. The molecule has 1 fully saturated rings. The maximum absolute atomic E-state index is 11.9. The van der Waals surface area contributed by atoms with Gasteiger partial charge in [0.25, 0.3) is 0 Å². The number of alkyl carbamates (subject to hydrolysis) is 1. The van der Waals surface area contributed by atoms with Crippen molar-refractivity contribution < 1.29 is 14.3 Å². The van der Waals surface area contributed by atoms with Gasteiger partial charge in [0.15, 0.2) is 0 Å². The van der Waals surface area contributed by atoms with E-state index in [0.29, 0.717) is 18.4 Å². The molecule has 0 spiro atoms. The largest absolute Gasteiger partial charge is 0.444 e. The van der Waals surface area contributed by atoms with Gasteiger partial charge in [-0.15, -0.1) is 0 Å². The van der Waals surface area contributed by atoms with E-state index in [9.17, 15) is 4.79 Å². The van der Waals surface area contributed by atoms with E-state index in [4.69, 9.17) is 9.47 Å². The average Bonchev–Trinajstić information content (AvgIpc) is 2.42. The third-order valence-corrected chi connectivity index (χ3v) is 3.95. The summed E-state index contributed by atoms with van der Waals surface area (Å²) < 4.78 is 10.9. The molecule has 0 aromatic rings. The van der Waals surface area contributed by atoms with Crippen molar-refractivity contribution in [2.24, 2.45) is 11.8 Å². The van der Waals surface area contributed by atoms with E-state index in [1.165, 1.54) is 6.42 Å². The molecule has 1 rings (SSSR count). The van der Waals surface area contributed by atoms with Crippen LogP contribution in [0.1, 0.15) is 60.8 Å². The van der Waals surface area contributed by atoms with E-state index < -0.39 is 5.60 Å². The van der Waals surface area contributed by atoms with Crippen LogP contribution in [0, 0.1) is 11.8 Å². The van der Waals surface area contributed by atoms with Gasteiger partial charge in [0.1, 0.15) is 5.60 Å². The summed E-state index contributed by atoms with van der Waals surface area (Å²) in [4.78, 5) is 11.9. The molecule has 5 heteroatoms. The number of hydrogen-bond donors (Lipinski definition) is 2. The maximum Gasteiger partial charge on any atom is 0.407 e. The van der Waals surface area contributed by atoms with Gasteiger partial charge in [0.05, 0.1) is 6.61 Å². The molecule has 2 atom stereocenters. The van der Waals surface area contributed by atoms with Crippen molar-refractivity contribution in [2.45, 2.75) is 71.9 Å². The van der Waals surface area contributed by atoms with Gasteiger partial charge in [-0.05, 0) is 58.8 Å². The van der Waals surface area contributed by atoms with Gasteiger partial charge in [0.2, 0.25) is 0 Å². The van der Waals surface area contributed by atoms with Gasteiger partial charge in [0, 0.05) is 25.2 Å². The summed E-state index contributed by atoms with van der Waals surface area (Å²) in [7, 11) is 0. The zero-order valence-electron chi connectivity index (χ0n) is 15.8. The summed E-state index contributed by atoms with van der Waals surface area (Å²) in [6.45, 7) is 15.4. The van der Waals surface area contributed by atoms with Crippen molar-refractivity contribution in [2.75, 3.05) is 26.3 Å². The molecule has 2 unspecified atom stereocenters. The van der Waals surface area contributed by atoms with Gasteiger partial charge in [-0.1, -0.05) is 13.8 Å². The number of carbonyl (C=O) groups excluding carboxylic acids is 1. The Kier molecular flexibility index (Phi) is 7.81. The molecule has 1 heterocycles. The second-order valence-corrected chi connectivity index (χ2v) is 8.48. The first-order valence-corrected chi connectivity index (χ1v) is 8.89. The van der Waals surface area contributed by atoms with Gasteiger partial charge in [-0.3, -0.25) is 0 Å². The highest BCUT2D eigenvalue weighted by Gasteiger charge is 2.28. The number of carbonyl (C=O) groups is 1. The molecule has 0 aromatic carbocycles. The van der Waals surface area contributed by atoms with Crippen LogP contribution in [-0.4, -0.2) is 43.5 Å². The third-order valence-electron chi connectivity index (χ3n) is 3.95. The molecule has 0 saturated carbocycles. The molecule has 0 radical (unpaired) electrons. The van der Waals surface area contributed by atoms with E-state index in [1.54, 1.807) is 0 Å². The Labute approximate surface area is 141 Å². The predicted molar refractivity (Wildman–Crippen MR) is 93.6 cm³/mol. The zero-order chi connectivity index (χ0) is 17.5. The summed E-state index contributed by atoms with van der Waals surface area (Å²) in [5.41, 5.74) is -0.603. The van der Waals surface area contributed by atoms with Crippen LogP contribution in [0.4, 0.5) is 4.79 Å². The Morgan fingerprint density at radius 2 is 2.00 bits per heavy atom. The van der Waals surface area contributed by atoms with E-state index in [1.807, 2.05) is 20.8 Å². The Balaban J connectivity index is 2.49. The molecular formula is C18H36N2O3. The standard InChI is InChI=1S/C18H36N2O3/c1-14(2)10-18(6,13-19-16(21)23-17(3,4)5)20-11-15-8-7-9-22-12-15/h14-15,20H,7-13H2,1-6H3,(H,19,21). The summed E-state index contributed by atoms with van der Waals surface area (Å²) in [5.74, 6) is 1.12. The summed E-state index contributed by atoms with van der Waals surface area (Å²) in [5, 5.41) is 6.58. The SMILES string of the molecule is CC(C)CC(C)(CNC(=O)OC(C)(C)C)NCC1CCCOC1. The number of amides is 1. The van der Waals surface area contributed by atoms with Gasteiger partial charge in [-0.2, -0.15) is 0 Å². The van der Waals surface area contributed by atoms with Gasteiger partial charge >= 0.3 is 6.09 Å². The highest BCUT2D eigenvalue weighted by molar-refractivity contribution is 5.67. The molecule has 1 saturated heterocycles. The van der Waals surface area contributed by atoms with Crippen LogP contribution in [0.3, 0.4) is 0 Å². The van der Waals surface area contributed by atoms with Crippen molar-refractivity contribution in [1.82, 2.24) is 10.6 Å². The zero-order valence-corrected chi connectivity index (χ0v) is 15.8. The smallest absolute Gasteiger partial charge is 0.407 e. The number of ether oxygens (including phenoxy) is 2. The fraction of sp³-hybridized carbons (Fsp3) is 0.944. The van der Waals surface area contributed by atoms with E-state index >= 15 is 0 Å². The molecule has 2 N–H and O–H groups in total. The van der Waals surface area contributed by atoms with Crippen LogP contribution < -0.4 is 10.6 Å². The van der Waals surface area contributed by atoms with Gasteiger partial charge < -0.3 is 20.1 Å². The van der Waals surface area contributed by atoms with E-state index in [0.717, 1.165) is 32.6 Å². The minimum absolute atomic E-state index is 0.136. The Morgan fingerprint density at radius 3 is 2.52 bits per heavy atom. The van der Waals surface area contributed by atoms with Crippen molar-refractivity contribution in [3.8, 4) is 0 Å². The predicted octanol–water partition coefficient (Wildman–Crippen LogP) is 3.33. The first-order valence-electron chi connectivity index (χ1n) is 8.89. The normalized spacial score (nSPS) is 21.8. The van der Waals surface area contributed by atoms with Gasteiger partial charge in [-0.25, -0.2) is 4.79 Å². The lowest BCUT2D eigenvalue weighted by Crippen LogP contribution is -2.54. The second-order valence-electron chi connectivity index (χ2n) is 8.48. The highest BCUT2D eigenvalue weighted by Crippen LogP contribution is 2.19. The summed E-state index contributed by atoms with van der Waals surface area (Å²) in [6, 6.07) is 0. The monoisotopic (exact) mass is 328 g/mol.